The van der Waals surface area contributed by atoms with Gasteiger partial charge in [-0.25, -0.2) is 0 Å². The van der Waals surface area contributed by atoms with Crippen LogP contribution in [0.5, 0.6) is 0 Å². The van der Waals surface area contributed by atoms with Gasteiger partial charge in [-0.05, 0) is 17.7 Å². The monoisotopic (exact) mass is 230 g/mol. The van der Waals surface area contributed by atoms with E-state index >= 15 is 0 Å². The van der Waals surface area contributed by atoms with E-state index in [1.54, 1.807) is 4.68 Å². The fourth-order valence-corrected chi connectivity index (χ4v) is 1.79. The number of anilines is 1. The molecule has 2 N–H and O–H groups in total. The summed E-state index contributed by atoms with van der Waals surface area (Å²) in [6.45, 7) is 0. The number of benzene rings is 1. The summed E-state index contributed by atoms with van der Waals surface area (Å²) in [5.41, 5.74) is 9.51. The molecule has 0 spiro atoms. The van der Waals surface area contributed by atoms with Crippen molar-refractivity contribution < 1.29 is 0 Å². The van der Waals surface area contributed by atoms with Gasteiger partial charge >= 0.3 is 0 Å². The lowest BCUT2D eigenvalue weighted by atomic mass is 10.0. The summed E-state index contributed by atoms with van der Waals surface area (Å²) in [4.78, 5) is 2.07. The molecule has 1 heterocycles. The average molecular weight is 230 g/mol. The van der Waals surface area contributed by atoms with E-state index in [2.05, 4.69) is 22.1 Å². The molecule has 2 aromatic rings. The Labute approximate surface area is 102 Å². The predicted octanol–water partition coefficient (Wildman–Crippen LogP) is 1.53. The van der Waals surface area contributed by atoms with Crippen molar-refractivity contribution in [3.63, 3.8) is 0 Å². The van der Waals surface area contributed by atoms with E-state index in [9.17, 15) is 0 Å². The number of aryl methyl sites for hydroxylation is 1. The maximum absolute atomic E-state index is 6.23. The molecule has 0 aliphatic rings. The van der Waals surface area contributed by atoms with E-state index in [1.165, 1.54) is 0 Å². The number of hydrogen-bond donors (Lipinski definition) is 1. The maximum Gasteiger partial charge on any atom is 0.0583 e. The van der Waals surface area contributed by atoms with Crippen LogP contribution < -0.4 is 10.6 Å². The van der Waals surface area contributed by atoms with Crippen LogP contribution in [0.2, 0.25) is 0 Å². The van der Waals surface area contributed by atoms with Crippen LogP contribution >= 0.6 is 0 Å². The first-order chi connectivity index (χ1) is 8.08. The topological polar surface area (TPSA) is 47.1 Å². The Morgan fingerprint density at radius 3 is 2.65 bits per heavy atom. The third-order valence-electron chi connectivity index (χ3n) is 2.83. The molecule has 1 aromatic carbocycles. The number of nitrogens with two attached hydrogens (primary N) is 1. The standard InChI is InChI=1S/C13H18N4/c1-16(2)12-6-4-5-10(7-12)13(14)11-8-15-17(3)9-11/h4-9,13H,14H2,1-3H3. The van der Waals surface area contributed by atoms with Crippen LogP contribution in [-0.4, -0.2) is 23.9 Å². The van der Waals surface area contributed by atoms with E-state index < -0.39 is 0 Å². The highest BCUT2D eigenvalue weighted by Crippen LogP contribution is 2.22. The normalized spacial score (nSPS) is 12.5. The fraction of sp³-hybridized carbons (Fsp3) is 0.308. The van der Waals surface area contributed by atoms with Crippen molar-refractivity contribution in [3.05, 3.63) is 47.8 Å². The minimum atomic E-state index is -0.122. The molecule has 0 aliphatic carbocycles. The third-order valence-corrected chi connectivity index (χ3v) is 2.83. The van der Waals surface area contributed by atoms with E-state index in [0.717, 1.165) is 16.8 Å². The lowest BCUT2D eigenvalue weighted by Gasteiger charge is -2.16. The van der Waals surface area contributed by atoms with Gasteiger partial charge in [-0.2, -0.15) is 5.10 Å². The molecule has 0 aliphatic heterocycles. The molecular weight excluding hydrogens is 212 g/mol. The quantitative estimate of drug-likeness (QED) is 0.870. The summed E-state index contributed by atoms with van der Waals surface area (Å²) in [7, 11) is 5.94. The van der Waals surface area contributed by atoms with Gasteiger partial charge in [0, 0.05) is 38.6 Å². The Bertz CT molecular complexity index is 502. The lowest BCUT2D eigenvalue weighted by molar-refractivity contribution is 0.765. The van der Waals surface area contributed by atoms with Crippen molar-refractivity contribution in [2.24, 2.45) is 12.8 Å². The molecule has 0 fully saturated rings. The Kier molecular flexibility index (Phi) is 3.15. The number of aromatic nitrogens is 2. The zero-order valence-corrected chi connectivity index (χ0v) is 10.5. The zero-order valence-electron chi connectivity index (χ0n) is 10.5. The first-order valence-electron chi connectivity index (χ1n) is 5.59. The van der Waals surface area contributed by atoms with E-state index in [-0.39, 0.29) is 6.04 Å². The van der Waals surface area contributed by atoms with E-state index in [0.29, 0.717) is 0 Å². The van der Waals surface area contributed by atoms with Gasteiger partial charge in [0.2, 0.25) is 0 Å². The highest BCUT2D eigenvalue weighted by atomic mass is 15.2. The SMILES string of the molecule is CN(C)c1cccc(C(N)c2cnn(C)c2)c1. The summed E-state index contributed by atoms with van der Waals surface area (Å²) in [5, 5.41) is 4.15. The minimum Gasteiger partial charge on any atom is -0.378 e. The van der Waals surface area contributed by atoms with Crippen molar-refractivity contribution >= 4 is 5.69 Å². The molecule has 4 nitrogen and oxygen atoms in total. The molecule has 0 bridgehead atoms. The number of nitrogens with zero attached hydrogens (tertiary/aromatic N) is 3. The molecule has 1 aromatic heterocycles. The lowest BCUT2D eigenvalue weighted by Crippen LogP contribution is -2.13. The predicted molar refractivity (Wildman–Crippen MR) is 70.0 cm³/mol. The Morgan fingerprint density at radius 1 is 1.29 bits per heavy atom. The Hall–Kier alpha value is -1.81. The molecule has 90 valence electrons. The highest BCUT2D eigenvalue weighted by molar-refractivity contribution is 5.49. The summed E-state index contributed by atoms with van der Waals surface area (Å²) in [6.07, 6.45) is 3.76. The molecule has 2 rings (SSSR count). The average Bonchev–Trinajstić information content (AvgIpc) is 2.75. The van der Waals surface area contributed by atoms with Gasteiger partial charge in [0.15, 0.2) is 0 Å². The summed E-state index contributed by atoms with van der Waals surface area (Å²) in [6, 6.07) is 8.13. The van der Waals surface area contributed by atoms with Gasteiger partial charge in [0.05, 0.1) is 12.2 Å². The van der Waals surface area contributed by atoms with Gasteiger partial charge in [0.1, 0.15) is 0 Å². The van der Waals surface area contributed by atoms with Crippen molar-refractivity contribution in [1.82, 2.24) is 9.78 Å². The van der Waals surface area contributed by atoms with Crippen molar-refractivity contribution in [1.29, 1.82) is 0 Å². The van der Waals surface area contributed by atoms with E-state index in [4.69, 9.17) is 5.73 Å². The van der Waals surface area contributed by atoms with Crippen molar-refractivity contribution in [3.8, 4) is 0 Å². The summed E-state index contributed by atoms with van der Waals surface area (Å²) >= 11 is 0. The first kappa shape index (κ1) is 11.7. The molecule has 4 heteroatoms. The van der Waals surface area contributed by atoms with Crippen LogP contribution in [0.25, 0.3) is 0 Å². The molecular formula is C13H18N4. The Morgan fingerprint density at radius 2 is 2.06 bits per heavy atom. The van der Waals surface area contributed by atoms with Crippen LogP contribution in [0, 0.1) is 0 Å². The fourth-order valence-electron chi connectivity index (χ4n) is 1.79. The van der Waals surface area contributed by atoms with Crippen molar-refractivity contribution in [2.45, 2.75) is 6.04 Å². The van der Waals surface area contributed by atoms with Crippen LogP contribution in [0.1, 0.15) is 17.2 Å². The van der Waals surface area contributed by atoms with Gasteiger partial charge in [-0.15, -0.1) is 0 Å². The summed E-state index contributed by atoms with van der Waals surface area (Å²) < 4.78 is 1.77. The molecule has 0 saturated heterocycles. The molecule has 1 atom stereocenters. The number of rotatable bonds is 3. The second-order valence-corrected chi connectivity index (χ2v) is 4.41. The van der Waals surface area contributed by atoms with Gasteiger partial charge < -0.3 is 10.6 Å². The highest BCUT2D eigenvalue weighted by Gasteiger charge is 2.11. The van der Waals surface area contributed by atoms with Crippen LogP contribution in [0.4, 0.5) is 5.69 Å². The smallest absolute Gasteiger partial charge is 0.0583 e. The first-order valence-corrected chi connectivity index (χ1v) is 5.59. The second-order valence-electron chi connectivity index (χ2n) is 4.41. The van der Waals surface area contributed by atoms with Gasteiger partial charge in [-0.3, -0.25) is 4.68 Å². The minimum absolute atomic E-state index is 0.122. The molecule has 0 amide bonds. The zero-order chi connectivity index (χ0) is 12.4. The van der Waals surface area contributed by atoms with Gasteiger partial charge in [-0.1, -0.05) is 12.1 Å². The van der Waals surface area contributed by atoms with Crippen LogP contribution in [0.3, 0.4) is 0 Å². The van der Waals surface area contributed by atoms with Crippen molar-refractivity contribution in [2.75, 3.05) is 19.0 Å². The maximum atomic E-state index is 6.23. The van der Waals surface area contributed by atoms with Crippen LogP contribution in [-0.2, 0) is 7.05 Å². The number of hydrogen-bond acceptors (Lipinski definition) is 3. The van der Waals surface area contributed by atoms with Crippen LogP contribution in [0.15, 0.2) is 36.7 Å². The second kappa shape index (κ2) is 4.59. The van der Waals surface area contributed by atoms with E-state index in [1.807, 2.05) is 45.7 Å². The molecule has 17 heavy (non-hydrogen) atoms. The molecule has 1 unspecified atom stereocenters. The Balaban J connectivity index is 2.30. The molecule has 0 radical (unpaired) electrons. The molecule has 0 saturated carbocycles. The summed E-state index contributed by atoms with van der Waals surface area (Å²) in [5.74, 6) is 0. The third kappa shape index (κ3) is 2.47. The largest absolute Gasteiger partial charge is 0.378 e. The van der Waals surface area contributed by atoms with Gasteiger partial charge in [0.25, 0.3) is 0 Å².